The van der Waals surface area contributed by atoms with Gasteiger partial charge in [0.15, 0.2) is 0 Å². The summed E-state index contributed by atoms with van der Waals surface area (Å²) in [6, 6.07) is 6.49. The Hall–Kier alpha value is -1.07. The van der Waals surface area contributed by atoms with E-state index >= 15 is 0 Å². The first kappa shape index (κ1) is 12.4. The van der Waals surface area contributed by atoms with E-state index in [2.05, 4.69) is 11.6 Å². The van der Waals surface area contributed by atoms with Gasteiger partial charge < -0.3 is 5.73 Å². The summed E-state index contributed by atoms with van der Waals surface area (Å²) in [7, 11) is -3.40. The summed E-state index contributed by atoms with van der Waals surface area (Å²) < 4.78 is 26.8. The van der Waals surface area contributed by atoms with E-state index in [1.54, 1.807) is 18.2 Å². The van der Waals surface area contributed by atoms with Gasteiger partial charge in [-0.25, -0.2) is 13.1 Å². The quantitative estimate of drug-likeness (QED) is 0.786. The van der Waals surface area contributed by atoms with Gasteiger partial charge >= 0.3 is 0 Å². The van der Waals surface area contributed by atoms with Gasteiger partial charge in [-0.2, -0.15) is 0 Å². The lowest BCUT2D eigenvalue weighted by Gasteiger charge is -2.06. The van der Waals surface area contributed by atoms with E-state index in [9.17, 15) is 8.42 Å². The van der Waals surface area contributed by atoms with Crippen molar-refractivity contribution < 1.29 is 8.42 Å². The molecule has 0 spiro atoms. The molecule has 0 bridgehead atoms. The fraction of sp³-hybridized carbons (Fsp3) is 0.500. The van der Waals surface area contributed by atoms with Crippen LogP contribution in [0.25, 0.3) is 0 Å². The normalized spacial score (nSPS) is 23.6. The van der Waals surface area contributed by atoms with Crippen LogP contribution in [-0.2, 0) is 10.0 Å². The summed E-state index contributed by atoms with van der Waals surface area (Å²) in [6.07, 6.45) is 3.14. The Morgan fingerprint density at radius 1 is 1.47 bits per heavy atom. The van der Waals surface area contributed by atoms with Crippen molar-refractivity contribution in [1.82, 2.24) is 4.72 Å². The topological polar surface area (TPSA) is 72.2 Å². The lowest BCUT2D eigenvalue weighted by molar-refractivity contribution is 0.573. The number of nitrogens with two attached hydrogens (primary N) is 1. The Kier molecular flexibility index (Phi) is 3.40. The predicted octanol–water partition coefficient (Wildman–Crippen LogP) is 1.74. The molecule has 0 radical (unpaired) electrons. The first-order valence-electron chi connectivity index (χ1n) is 5.91. The molecule has 0 aliphatic heterocycles. The lowest BCUT2D eigenvalue weighted by atomic mass is 10.2. The number of sulfonamides is 1. The van der Waals surface area contributed by atoms with E-state index < -0.39 is 10.0 Å². The van der Waals surface area contributed by atoms with E-state index in [0.717, 1.165) is 19.3 Å². The molecule has 1 aromatic rings. The van der Waals surface area contributed by atoms with Crippen LogP contribution in [0.4, 0.5) is 5.69 Å². The van der Waals surface area contributed by atoms with Gasteiger partial charge in [0.05, 0.1) is 4.90 Å². The van der Waals surface area contributed by atoms with Crippen molar-refractivity contribution >= 4 is 15.7 Å². The minimum Gasteiger partial charge on any atom is -0.399 e. The smallest absolute Gasteiger partial charge is 0.240 e. The van der Waals surface area contributed by atoms with Gasteiger partial charge in [0, 0.05) is 11.7 Å². The first-order chi connectivity index (χ1) is 8.03. The van der Waals surface area contributed by atoms with E-state index in [0.29, 0.717) is 11.6 Å². The van der Waals surface area contributed by atoms with Gasteiger partial charge in [0.25, 0.3) is 0 Å². The summed E-state index contributed by atoms with van der Waals surface area (Å²) in [5, 5.41) is 0. The summed E-state index contributed by atoms with van der Waals surface area (Å²) in [5.74, 6) is 0.510. The molecule has 0 amide bonds. The number of nitrogen functional groups attached to an aromatic ring is 1. The Labute approximate surface area is 102 Å². The van der Waals surface area contributed by atoms with Crippen molar-refractivity contribution in [1.29, 1.82) is 0 Å². The first-order valence-corrected chi connectivity index (χ1v) is 7.39. The average Bonchev–Trinajstić information content (AvgIpc) is 2.96. The third kappa shape index (κ3) is 2.98. The van der Waals surface area contributed by atoms with Crippen molar-refractivity contribution in [2.75, 3.05) is 5.73 Å². The molecule has 2 rings (SSSR count). The molecule has 2 atom stereocenters. The van der Waals surface area contributed by atoms with Crippen molar-refractivity contribution in [3.8, 4) is 0 Å². The molecule has 1 aromatic carbocycles. The number of nitrogens with one attached hydrogen (secondary N) is 1. The molecule has 0 heterocycles. The van der Waals surface area contributed by atoms with Crippen molar-refractivity contribution in [2.24, 2.45) is 5.92 Å². The van der Waals surface area contributed by atoms with E-state index in [1.165, 1.54) is 6.07 Å². The maximum atomic E-state index is 12.0. The molecular weight excluding hydrogens is 236 g/mol. The SMILES string of the molecule is CCCC1CC1NS(=O)(=O)c1cccc(N)c1. The van der Waals surface area contributed by atoms with Gasteiger partial charge in [0.1, 0.15) is 0 Å². The summed E-state index contributed by atoms with van der Waals surface area (Å²) in [6.45, 7) is 2.11. The zero-order valence-corrected chi connectivity index (χ0v) is 10.7. The molecule has 3 N–H and O–H groups in total. The largest absolute Gasteiger partial charge is 0.399 e. The van der Waals surface area contributed by atoms with Crippen LogP contribution >= 0.6 is 0 Å². The third-order valence-electron chi connectivity index (χ3n) is 3.06. The summed E-state index contributed by atoms with van der Waals surface area (Å²) in [5.41, 5.74) is 6.05. The molecule has 4 nitrogen and oxygen atoms in total. The van der Waals surface area contributed by atoms with Gasteiger partial charge in [-0.1, -0.05) is 19.4 Å². The predicted molar refractivity (Wildman–Crippen MR) is 68.0 cm³/mol. The number of rotatable bonds is 5. The van der Waals surface area contributed by atoms with Crippen LogP contribution in [0.3, 0.4) is 0 Å². The summed E-state index contributed by atoms with van der Waals surface area (Å²) in [4.78, 5) is 0.250. The van der Waals surface area contributed by atoms with Crippen LogP contribution in [0.5, 0.6) is 0 Å². The molecule has 1 aliphatic rings. The fourth-order valence-electron chi connectivity index (χ4n) is 2.03. The van der Waals surface area contributed by atoms with Crippen LogP contribution in [0, 0.1) is 5.92 Å². The molecule has 1 fully saturated rings. The Morgan fingerprint density at radius 2 is 2.24 bits per heavy atom. The minimum absolute atomic E-state index is 0.112. The van der Waals surface area contributed by atoms with Crippen LogP contribution < -0.4 is 10.5 Å². The highest BCUT2D eigenvalue weighted by Crippen LogP contribution is 2.35. The second kappa shape index (κ2) is 4.66. The van der Waals surface area contributed by atoms with Gasteiger partial charge in [-0.05, 0) is 37.0 Å². The van der Waals surface area contributed by atoms with Crippen molar-refractivity contribution in [3.63, 3.8) is 0 Å². The Morgan fingerprint density at radius 3 is 2.88 bits per heavy atom. The zero-order valence-electron chi connectivity index (χ0n) is 9.89. The van der Waals surface area contributed by atoms with E-state index in [1.807, 2.05) is 0 Å². The average molecular weight is 254 g/mol. The van der Waals surface area contributed by atoms with E-state index in [4.69, 9.17) is 5.73 Å². The maximum absolute atomic E-state index is 12.0. The van der Waals surface area contributed by atoms with Crippen molar-refractivity contribution in [2.45, 2.75) is 37.1 Å². The molecule has 5 heteroatoms. The summed E-state index contributed by atoms with van der Waals surface area (Å²) >= 11 is 0. The number of hydrogen-bond donors (Lipinski definition) is 2. The van der Waals surface area contributed by atoms with Gasteiger partial charge in [-0.3, -0.25) is 0 Å². The third-order valence-corrected chi connectivity index (χ3v) is 4.54. The standard InChI is InChI=1S/C12H18N2O2S/c1-2-4-9-7-12(9)14-17(15,16)11-6-3-5-10(13)8-11/h3,5-6,8-9,12,14H,2,4,7,13H2,1H3. The highest BCUT2D eigenvalue weighted by Gasteiger charge is 2.39. The molecule has 94 valence electrons. The molecular formula is C12H18N2O2S. The zero-order chi connectivity index (χ0) is 12.5. The number of benzene rings is 1. The molecule has 0 aromatic heterocycles. The monoisotopic (exact) mass is 254 g/mol. The second-order valence-electron chi connectivity index (χ2n) is 4.58. The van der Waals surface area contributed by atoms with Crippen LogP contribution in [0.2, 0.25) is 0 Å². The Bertz CT molecular complexity index is 499. The molecule has 1 aliphatic carbocycles. The highest BCUT2D eigenvalue weighted by atomic mass is 32.2. The minimum atomic E-state index is -3.40. The molecule has 17 heavy (non-hydrogen) atoms. The van der Waals surface area contributed by atoms with Crippen LogP contribution in [0.1, 0.15) is 26.2 Å². The van der Waals surface area contributed by atoms with Gasteiger partial charge in [0.2, 0.25) is 10.0 Å². The lowest BCUT2D eigenvalue weighted by Crippen LogP contribution is -2.27. The molecule has 0 saturated heterocycles. The van der Waals surface area contributed by atoms with Crippen LogP contribution in [-0.4, -0.2) is 14.5 Å². The number of anilines is 1. The van der Waals surface area contributed by atoms with E-state index in [-0.39, 0.29) is 10.9 Å². The van der Waals surface area contributed by atoms with Gasteiger partial charge in [-0.15, -0.1) is 0 Å². The molecule has 2 unspecified atom stereocenters. The highest BCUT2D eigenvalue weighted by molar-refractivity contribution is 7.89. The van der Waals surface area contributed by atoms with Crippen molar-refractivity contribution in [3.05, 3.63) is 24.3 Å². The second-order valence-corrected chi connectivity index (χ2v) is 6.30. The number of hydrogen-bond acceptors (Lipinski definition) is 3. The molecule has 1 saturated carbocycles. The maximum Gasteiger partial charge on any atom is 0.240 e. The fourth-order valence-corrected chi connectivity index (χ4v) is 3.40. The Balaban J connectivity index is 2.05. The van der Waals surface area contributed by atoms with Crippen LogP contribution in [0.15, 0.2) is 29.2 Å².